The zero-order chi connectivity index (χ0) is 8.86. The summed E-state index contributed by atoms with van der Waals surface area (Å²) in [7, 11) is 2.21. The van der Waals surface area contributed by atoms with E-state index in [0.29, 0.717) is 0 Å². The second kappa shape index (κ2) is 4.83. The standard InChI is InChI=1S/C10H22NO/c1-3-4-7-10-12-11(2)8-5-6-9-11/h3-10H2,1-2H3/q+1. The first-order chi connectivity index (χ1) is 5.77. The molecule has 0 unspecified atom stereocenters. The van der Waals surface area contributed by atoms with Gasteiger partial charge in [-0.05, 0) is 6.42 Å². The van der Waals surface area contributed by atoms with Gasteiger partial charge >= 0.3 is 0 Å². The molecule has 2 nitrogen and oxygen atoms in total. The Labute approximate surface area is 76.1 Å². The maximum atomic E-state index is 5.83. The largest absolute Gasteiger partial charge is 0.203 e. The molecule has 0 radical (unpaired) electrons. The number of hydrogen-bond donors (Lipinski definition) is 0. The quantitative estimate of drug-likeness (QED) is 0.457. The van der Waals surface area contributed by atoms with Gasteiger partial charge in [0.25, 0.3) is 0 Å². The lowest BCUT2D eigenvalue weighted by Gasteiger charge is -2.25. The number of hydrogen-bond acceptors (Lipinski definition) is 1. The smallest absolute Gasteiger partial charge is 0.109 e. The molecule has 1 saturated heterocycles. The number of unbranched alkanes of at least 4 members (excludes halogenated alkanes) is 2. The molecular formula is C10H22NO+. The van der Waals surface area contributed by atoms with Gasteiger partial charge in [0.15, 0.2) is 0 Å². The molecule has 12 heavy (non-hydrogen) atoms. The maximum Gasteiger partial charge on any atom is 0.109 e. The first-order valence-electron chi connectivity index (χ1n) is 5.26. The van der Waals surface area contributed by atoms with Crippen LogP contribution in [0.5, 0.6) is 0 Å². The molecule has 0 spiro atoms. The van der Waals surface area contributed by atoms with E-state index in [1.165, 1.54) is 45.2 Å². The zero-order valence-electron chi connectivity index (χ0n) is 8.51. The van der Waals surface area contributed by atoms with Gasteiger partial charge in [-0.1, -0.05) is 19.8 Å². The number of hydroxylamine groups is 3. The van der Waals surface area contributed by atoms with Crippen molar-refractivity contribution in [3.05, 3.63) is 0 Å². The van der Waals surface area contributed by atoms with E-state index in [2.05, 4.69) is 14.0 Å². The van der Waals surface area contributed by atoms with Crippen LogP contribution in [-0.2, 0) is 4.84 Å². The summed E-state index contributed by atoms with van der Waals surface area (Å²) in [5, 5.41) is 0. The molecule has 1 aliphatic rings. The average Bonchev–Trinajstić information content (AvgIpc) is 2.47. The van der Waals surface area contributed by atoms with E-state index in [0.717, 1.165) is 11.3 Å². The van der Waals surface area contributed by atoms with Gasteiger partial charge < -0.3 is 0 Å². The van der Waals surface area contributed by atoms with Crippen LogP contribution in [-0.4, -0.2) is 31.4 Å². The lowest BCUT2D eigenvalue weighted by Crippen LogP contribution is -2.40. The number of rotatable bonds is 5. The zero-order valence-corrected chi connectivity index (χ0v) is 8.51. The molecule has 0 atom stereocenters. The van der Waals surface area contributed by atoms with Crippen molar-refractivity contribution in [2.45, 2.75) is 39.0 Å². The van der Waals surface area contributed by atoms with Crippen LogP contribution < -0.4 is 0 Å². The number of nitrogens with zero attached hydrogens (tertiary/aromatic N) is 1. The van der Waals surface area contributed by atoms with E-state index in [1.54, 1.807) is 0 Å². The summed E-state index contributed by atoms with van der Waals surface area (Å²) in [5.41, 5.74) is 0. The fourth-order valence-corrected chi connectivity index (χ4v) is 1.77. The molecule has 0 aromatic rings. The summed E-state index contributed by atoms with van der Waals surface area (Å²) in [6.07, 6.45) is 6.49. The maximum absolute atomic E-state index is 5.83. The second-order valence-corrected chi connectivity index (χ2v) is 3.99. The highest BCUT2D eigenvalue weighted by Gasteiger charge is 2.28. The van der Waals surface area contributed by atoms with Crippen molar-refractivity contribution in [1.82, 2.24) is 0 Å². The first kappa shape index (κ1) is 10.0. The minimum Gasteiger partial charge on any atom is -0.203 e. The summed E-state index contributed by atoms with van der Waals surface area (Å²) in [4.78, 5) is 5.83. The Morgan fingerprint density at radius 3 is 2.42 bits per heavy atom. The van der Waals surface area contributed by atoms with Gasteiger partial charge in [-0.2, -0.15) is 4.65 Å². The van der Waals surface area contributed by atoms with Gasteiger partial charge in [-0.3, -0.25) is 0 Å². The highest BCUT2D eigenvalue weighted by Crippen LogP contribution is 2.17. The van der Waals surface area contributed by atoms with Crippen LogP contribution >= 0.6 is 0 Å². The normalized spacial score (nSPS) is 21.5. The van der Waals surface area contributed by atoms with Crippen molar-refractivity contribution in [3.8, 4) is 0 Å². The lowest BCUT2D eigenvalue weighted by molar-refractivity contribution is -1.08. The summed E-state index contributed by atoms with van der Waals surface area (Å²) in [6, 6.07) is 0. The molecule has 1 aliphatic heterocycles. The van der Waals surface area contributed by atoms with Crippen LogP contribution in [0.2, 0.25) is 0 Å². The molecule has 1 fully saturated rings. The first-order valence-corrected chi connectivity index (χ1v) is 5.26. The molecule has 2 heteroatoms. The third-order valence-electron chi connectivity index (χ3n) is 2.66. The Hall–Kier alpha value is -0.0800. The van der Waals surface area contributed by atoms with Gasteiger partial charge in [0.05, 0.1) is 7.05 Å². The van der Waals surface area contributed by atoms with E-state index in [1.807, 2.05) is 0 Å². The summed E-state index contributed by atoms with van der Waals surface area (Å²) in [5.74, 6) is 0. The molecule has 0 aromatic carbocycles. The van der Waals surface area contributed by atoms with Crippen LogP contribution in [0, 0.1) is 0 Å². The fourth-order valence-electron chi connectivity index (χ4n) is 1.77. The molecule has 1 heterocycles. The Morgan fingerprint density at radius 1 is 1.17 bits per heavy atom. The Morgan fingerprint density at radius 2 is 1.83 bits per heavy atom. The van der Waals surface area contributed by atoms with E-state index in [4.69, 9.17) is 4.84 Å². The van der Waals surface area contributed by atoms with E-state index in [9.17, 15) is 0 Å². The highest BCUT2D eigenvalue weighted by atomic mass is 16.7. The lowest BCUT2D eigenvalue weighted by atomic mass is 10.3. The van der Waals surface area contributed by atoms with Crippen LogP contribution in [0.1, 0.15) is 39.0 Å². The van der Waals surface area contributed by atoms with Crippen molar-refractivity contribution in [3.63, 3.8) is 0 Å². The van der Waals surface area contributed by atoms with Gasteiger partial charge in [-0.25, -0.2) is 4.84 Å². The molecule has 0 bridgehead atoms. The second-order valence-electron chi connectivity index (χ2n) is 3.99. The SMILES string of the molecule is CCCCCO[N+]1(C)CCCC1. The Kier molecular flexibility index (Phi) is 4.02. The molecule has 0 N–H and O–H groups in total. The van der Waals surface area contributed by atoms with E-state index < -0.39 is 0 Å². The van der Waals surface area contributed by atoms with Gasteiger partial charge in [0, 0.05) is 12.8 Å². The third-order valence-corrected chi connectivity index (χ3v) is 2.66. The highest BCUT2D eigenvalue weighted by molar-refractivity contribution is 4.45. The van der Waals surface area contributed by atoms with E-state index >= 15 is 0 Å². The van der Waals surface area contributed by atoms with Crippen molar-refractivity contribution in [2.75, 3.05) is 26.7 Å². The summed E-state index contributed by atoms with van der Waals surface area (Å²) in [6.45, 7) is 5.61. The molecule has 0 amide bonds. The minimum absolute atomic E-state index is 0.865. The summed E-state index contributed by atoms with van der Waals surface area (Å²) >= 11 is 0. The van der Waals surface area contributed by atoms with Crippen molar-refractivity contribution in [2.24, 2.45) is 0 Å². The van der Waals surface area contributed by atoms with Crippen LogP contribution in [0.3, 0.4) is 0 Å². The van der Waals surface area contributed by atoms with Gasteiger partial charge in [0.2, 0.25) is 0 Å². The Balaban J connectivity index is 2.05. The van der Waals surface area contributed by atoms with Crippen molar-refractivity contribution < 1.29 is 9.48 Å². The predicted molar refractivity (Wildman–Crippen MR) is 50.6 cm³/mol. The van der Waals surface area contributed by atoms with Gasteiger partial charge in [-0.15, -0.1) is 0 Å². The van der Waals surface area contributed by atoms with Crippen molar-refractivity contribution >= 4 is 0 Å². The molecular weight excluding hydrogens is 150 g/mol. The monoisotopic (exact) mass is 172 g/mol. The topological polar surface area (TPSA) is 9.23 Å². The fraction of sp³-hybridized carbons (Fsp3) is 1.00. The predicted octanol–water partition coefficient (Wildman–Crippen LogP) is 2.35. The third kappa shape index (κ3) is 3.11. The minimum atomic E-state index is 0.865. The average molecular weight is 172 g/mol. The van der Waals surface area contributed by atoms with Gasteiger partial charge in [0.1, 0.15) is 19.7 Å². The molecule has 72 valence electrons. The molecule has 0 aromatic heterocycles. The summed E-state index contributed by atoms with van der Waals surface area (Å²) < 4.78 is 0.865. The number of quaternary nitrogens is 1. The van der Waals surface area contributed by atoms with Crippen LogP contribution in [0.15, 0.2) is 0 Å². The number of likely N-dealkylation sites (tertiary alicyclic amines) is 1. The molecule has 0 saturated carbocycles. The van der Waals surface area contributed by atoms with Crippen LogP contribution in [0.25, 0.3) is 0 Å². The molecule has 1 rings (SSSR count). The van der Waals surface area contributed by atoms with Crippen LogP contribution in [0.4, 0.5) is 0 Å². The molecule has 0 aliphatic carbocycles. The van der Waals surface area contributed by atoms with Crippen molar-refractivity contribution in [1.29, 1.82) is 0 Å². The van der Waals surface area contributed by atoms with E-state index in [-0.39, 0.29) is 0 Å². The Bertz CT molecular complexity index is 119.